The van der Waals surface area contributed by atoms with Gasteiger partial charge in [0, 0.05) is 18.6 Å². The fourth-order valence-corrected chi connectivity index (χ4v) is 6.12. The molecule has 1 saturated carbocycles. The monoisotopic (exact) mass is 412 g/mol. The lowest BCUT2D eigenvalue weighted by Crippen LogP contribution is -2.57. The van der Waals surface area contributed by atoms with E-state index in [9.17, 15) is 9.59 Å². The fourth-order valence-electron chi connectivity index (χ4n) is 6.12. The number of carbonyl (C=O) groups excluding carboxylic acids is 2. The Morgan fingerprint density at radius 1 is 1.20 bits per heavy atom. The number of fused-ring (bicyclic) bond motifs is 3. The maximum absolute atomic E-state index is 14.0. The molecule has 30 heavy (non-hydrogen) atoms. The van der Waals surface area contributed by atoms with Crippen LogP contribution in [0.2, 0.25) is 0 Å². The van der Waals surface area contributed by atoms with Gasteiger partial charge in [0.2, 0.25) is 0 Å². The topological polar surface area (TPSA) is 58.6 Å². The van der Waals surface area contributed by atoms with Gasteiger partial charge in [-0.05, 0) is 74.5 Å². The normalized spacial score (nSPS) is 31.2. The molecule has 1 aromatic rings. The van der Waals surface area contributed by atoms with Gasteiger partial charge in [0.05, 0.1) is 6.10 Å². The molecule has 1 atom stereocenters. The number of methoxy groups -OCH3 is 1. The van der Waals surface area contributed by atoms with E-state index in [-0.39, 0.29) is 34.9 Å². The molecule has 2 spiro atoms. The van der Waals surface area contributed by atoms with Gasteiger partial charge in [-0.3, -0.25) is 9.69 Å². The van der Waals surface area contributed by atoms with Crippen LogP contribution in [0.25, 0.3) is 0 Å². The van der Waals surface area contributed by atoms with Crippen molar-refractivity contribution in [2.45, 2.75) is 90.8 Å². The lowest BCUT2D eigenvalue weighted by Gasteiger charge is -2.46. The number of hydrogen-bond acceptors (Lipinski definition) is 3. The minimum atomic E-state index is -0.948. The molecule has 1 N–H and O–H groups in total. The first-order valence-corrected chi connectivity index (χ1v) is 11.3. The van der Waals surface area contributed by atoms with Crippen LogP contribution in [0.15, 0.2) is 18.2 Å². The van der Waals surface area contributed by atoms with Crippen molar-refractivity contribution < 1.29 is 14.3 Å². The molecule has 4 rings (SSSR count). The molecule has 1 heterocycles. The summed E-state index contributed by atoms with van der Waals surface area (Å²) in [4.78, 5) is 28.4. The molecule has 3 amide bonds. The first-order chi connectivity index (χ1) is 14.0. The van der Waals surface area contributed by atoms with Crippen LogP contribution in [0.1, 0.15) is 77.0 Å². The van der Waals surface area contributed by atoms with Crippen molar-refractivity contribution in [3.63, 3.8) is 0 Å². The third-order valence-corrected chi connectivity index (χ3v) is 7.43. The average molecular weight is 413 g/mol. The number of amides is 3. The maximum atomic E-state index is 14.0. The second kappa shape index (κ2) is 7.08. The van der Waals surface area contributed by atoms with Crippen molar-refractivity contribution in [3.05, 3.63) is 34.9 Å². The number of hydrogen-bond donors (Lipinski definition) is 1. The Morgan fingerprint density at radius 2 is 1.87 bits per heavy atom. The molecule has 0 aromatic heterocycles. The summed E-state index contributed by atoms with van der Waals surface area (Å²) < 4.78 is 5.62. The Hall–Kier alpha value is -1.88. The Labute approximate surface area is 180 Å². The molecule has 0 bridgehead atoms. The van der Waals surface area contributed by atoms with E-state index in [2.05, 4.69) is 44.3 Å². The molecule has 2 aliphatic carbocycles. The summed E-state index contributed by atoms with van der Waals surface area (Å²) in [6.07, 6.45) is 5.62. The molecule has 1 aromatic carbocycles. The Morgan fingerprint density at radius 3 is 2.40 bits per heavy atom. The third-order valence-electron chi connectivity index (χ3n) is 7.43. The highest BCUT2D eigenvalue weighted by molar-refractivity contribution is 6.09. The summed E-state index contributed by atoms with van der Waals surface area (Å²) >= 11 is 0. The molecule has 5 heteroatoms. The summed E-state index contributed by atoms with van der Waals surface area (Å²) in [6.45, 7) is 10.5. The van der Waals surface area contributed by atoms with Crippen LogP contribution in [0.5, 0.6) is 0 Å². The summed E-state index contributed by atoms with van der Waals surface area (Å²) in [7, 11) is 1.77. The van der Waals surface area contributed by atoms with Gasteiger partial charge in [-0.1, -0.05) is 39.0 Å². The highest BCUT2D eigenvalue weighted by Crippen LogP contribution is 2.60. The zero-order valence-corrected chi connectivity index (χ0v) is 19.3. The summed E-state index contributed by atoms with van der Waals surface area (Å²) in [5.41, 5.74) is 2.40. The molecule has 2 fully saturated rings. The highest BCUT2D eigenvalue weighted by Gasteiger charge is 2.68. The number of nitrogens with zero attached hydrogens (tertiary/aromatic N) is 1. The van der Waals surface area contributed by atoms with E-state index in [1.807, 2.05) is 13.8 Å². The van der Waals surface area contributed by atoms with Crippen LogP contribution < -0.4 is 5.32 Å². The van der Waals surface area contributed by atoms with E-state index >= 15 is 0 Å². The Bertz CT molecular complexity index is 862. The Balaban J connectivity index is 1.84. The number of rotatable bonds is 3. The van der Waals surface area contributed by atoms with Crippen LogP contribution in [-0.2, 0) is 27.9 Å². The molecule has 5 nitrogen and oxygen atoms in total. The van der Waals surface area contributed by atoms with Gasteiger partial charge in [0.1, 0.15) is 0 Å². The van der Waals surface area contributed by atoms with E-state index in [0.29, 0.717) is 0 Å². The summed E-state index contributed by atoms with van der Waals surface area (Å²) in [5.74, 6) is -0.0648. The number of benzene rings is 1. The first kappa shape index (κ1) is 21.4. The number of carbonyl (C=O) groups is 2. The van der Waals surface area contributed by atoms with Crippen LogP contribution in [0, 0.1) is 10.8 Å². The average Bonchev–Trinajstić information content (AvgIpc) is 3.07. The Kier molecular flexibility index (Phi) is 5.04. The van der Waals surface area contributed by atoms with Crippen molar-refractivity contribution in [1.29, 1.82) is 0 Å². The number of imide groups is 1. The van der Waals surface area contributed by atoms with Gasteiger partial charge in [0.25, 0.3) is 5.91 Å². The van der Waals surface area contributed by atoms with Gasteiger partial charge in [-0.2, -0.15) is 0 Å². The molecular weight excluding hydrogens is 376 g/mol. The zero-order valence-electron chi connectivity index (χ0n) is 19.3. The second-order valence-corrected chi connectivity index (χ2v) is 11.1. The smallest absolute Gasteiger partial charge is 0.325 e. The van der Waals surface area contributed by atoms with Crippen LogP contribution >= 0.6 is 0 Å². The van der Waals surface area contributed by atoms with Crippen LogP contribution in [0.4, 0.5) is 4.79 Å². The molecule has 1 aliphatic heterocycles. The highest BCUT2D eigenvalue weighted by atomic mass is 16.5. The van der Waals surface area contributed by atoms with Gasteiger partial charge in [-0.15, -0.1) is 0 Å². The standard InChI is InChI=1S/C25H36N2O3/c1-16(2)27-21(28)25(26-22(27)29)20-13-17(14-23(3,4)5)7-8-18(20)15-24(25)11-9-19(30-6)10-12-24/h7-8,13,16,19H,9-12,14-15H2,1-6H3,(H,26,29)/t19-,24-,25?. The van der Waals surface area contributed by atoms with Gasteiger partial charge in [0.15, 0.2) is 5.54 Å². The second-order valence-electron chi connectivity index (χ2n) is 11.1. The number of nitrogens with one attached hydrogen (secondary N) is 1. The summed E-state index contributed by atoms with van der Waals surface area (Å²) in [6, 6.07) is 6.20. The fraction of sp³-hybridized carbons (Fsp3) is 0.680. The molecule has 164 valence electrons. The van der Waals surface area contributed by atoms with Crippen molar-refractivity contribution in [3.8, 4) is 0 Å². The molecule has 1 unspecified atom stereocenters. The van der Waals surface area contributed by atoms with Gasteiger partial charge in [-0.25, -0.2) is 4.79 Å². The SMILES string of the molecule is CO[C@H]1CC[C@]2(CC1)Cc1ccc(CC(C)(C)C)cc1C21NC(=O)N(C(C)C)C1=O. The lowest BCUT2D eigenvalue weighted by molar-refractivity contribution is -0.139. The predicted octanol–water partition coefficient (Wildman–Crippen LogP) is 4.56. The van der Waals surface area contributed by atoms with Crippen molar-refractivity contribution in [1.82, 2.24) is 10.2 Å². The van der Waals surface area contributed by atoms with E-state index in [1.165, 1.54) is 16.0 Å². The van der Waals surface area contributed by atoms with Crippen molar-refractivity contribution >= 4 is 11.9 Å². The van der Waals surface area contributed by atoms with E-state index < -0.39 is 5.54 Å². The van der Waals surface area contributed by atoms with Crippen LogP contribution in [-0.4, -0.2) is 36.1 Å². The van der Waals surface area contributed by atoms with Crippen LogP contribution in [0.3, 0.4) is 0 Å². The minimum absolute atomic E-state index is 0.0648. The van der Waals surface area contributed by atoms with E-state index in [1.54, 1.807) is 7.11 Å². The molecule has 3 aliphatic rings. The predicted molar refractivity (Wildman–Crippen MR) is 117 cm³/mol. The summed E-state index contributed by atoms with van der Waals surface area (Å²) in [5, 5.41) is 3.25. The van der Waals surface area contributed by atoms with Gasteiger partial charge < -0.3 is 10.1 Å². The zero-order chi connectivity index (χ0) is 21.9. The minimum Gasteiger partial charge on any atom is -0.381 e. The van der Waals surface area contributed by atoms with Crippen molar-refractivity contribution in [2.75, 3.05) is 7.11 Å². The molecular formula is C25H36N2O3. The first-order valence-electron chi connectivity index (χ1n) is 11.3. The van der Waals surface area contributed by atoms with Crippen molar-refractivity contribution in [2.24, 2.45) is 10.8 Å². The quantitative estimate of drug-likeness (QED) is 0.740. The number of urea groups is 1. The molecule has 0 radical (unpaired) electrons. The van der Waals surface area contributed by atoms with Gasteiger partial charge >= 0.3 is 6.03 Å². The number of ether oxygens (including phenoxy) is 1. The largest absolute Gasteiger partial charge is 0.381 e. The lowest BCUT2D eigenvalue weighted by atomic mass is 9.61. The third kappa shape index (κ3) is 3.08. The van der Waals surface area contributed by atoms with E-state index in [0.717, 1.165) is 44.1 Å². The van der Waals surface area contributed by atoms with E-state index in [4.69, 9.17) is 4.74 Å². The molecule has 1 saturated heterocycles. The maximum Gasteiger partial charge on any atom is 0.325 e.